The van der Waals surface area contributed by atoms with Gasteiger partial charge in [-0.3, -0.25) is 0 Å². The molecule has 1 heterocycles. The number of hydrogen-bond acceptors (Lipinski definition) is 3. The third-order valence-electron chi connectivity index (χ3n) is 3.34. The molecule has 15 heavy (non-hydrogen) atoms. The zero-order valence-electron chi connectivity index (χ0n) is 9.45. The van der Waals surface area contributed by atoms with Gasteiger partial charge < -0.3 is 10.3 Å². The van der Waals surface area contributed by atoms with E-state index in [0.29, 0.717) is 12.5 Å². The molecule has 0 amide bonds. The lowest BCUT2D eigenvalue weighted by Crippen LogP contribution is -2.13. The molecule has 0 aliphatic heterocycles. The van der Waals surface area contributed by atoms with Gasteiger partial charge in [0, 0.05) is 19.4 Å². The Kier molecular flexibility index (Phi) is 3.36. The quantitative estimate of drug-likeness (QED) is 0.816. The standard InChI is InChI=1S/C11H20N4/c1-15-10(7-8-12)13-14-11(15)9-5-3-2-4-6-9/h9H,2-8,12H2,1H3. The first-order valence-corrected chi connectivity index (χ1v) is 5.91. The van der Waals surface area contributed by atoms with Gasteiger partial charge in [0.15, 0.2) is 0 Å². The fourth-order valence-corrected chi connectivity index (χ4v) is 2.44. The van der Waals surface area contributed by atoms with Crippen LogP contribution in [0.5, 0.6) is 0 Å². The van der Waals surface area contributed by atoms with Gasteiger partial charge >= 0.3 is 0 Å². The Labute approximate surface area is 90.9 Å². The second-order valence-electron chi connectivity index (χ2n) is 4.41. The Morgan fingerprint density at radius 3 is 2.67 bits per heavy atom. The second kappa shape index (κ2) is 4.75. The maximum atomic E-state index is 5.54. The molecule has 0 radical (unpaired) electrons. The predicted octanol–water partition coefficient (Wildman–Crippen LogP) is 1.36. The van der Waals surface area contributed by atoms with Crippen LogP contribution in [0.2, 0.25) is 0 Å². The van der Waals surface area contributed by atoms with Crippen molar-refractivity contribution in [3.8, 4) is 0 Å². The summed E-state index contributed by atoms with van der Waals surface area (Å²) < 4.78 is 2.14. The number of rotatable bonds is 3. The molecule has 0 bridgehead atoms. The van der Waals surface area contributed by atoms with E-state index in [1.54, 1.807) is 0 Å². The molecule has 1 aliphatic carbocycles. The highest BCUT2D eigenvalue weighted by Crippen LogP contribution is 2.31. The van der Waals surface area contributed by atoms with Gasteiger partial charge in [0.05, 0.1) is 0 Å². The van der Waals surface area contributed by atoms with Gasteiger partial charge in [-0.25, -0.2) is 0 Å². The molecule has 1 aromatic heterocycles. The topological polar surface area (TPSA) is 56.7 Å². The van der Waals surface area contributed by atoms with Crippen molar-refractivity contribution in [2.45, 2.75) is 44.4 Å². The molecule has 1 saturated carbocycles. The Morgan fingerprint density at radius 1 is 1.27 bits per heavy atom. The van der Waals surface area contributed by atoms with Crippen LogP contribution in [0.1, 0.15) is 49.7 Å². The largest absolute Gasteiger partial charge is 0.330 e. The molecule has 4 nitrogen and oxygen atoms in total. The van der Waals surface area contributed by atoms with Crippen LogP contribution in [0, 0.1) is 0 Å². The lowest BCUT2D eigenvalue weighted by Gasteiger charge is -2.20. The lowest BCUT2D eigenvalue weighted by atomic mass is 9.89. The summed E-state index contributed by atoms with van der Waals surface area (Å²) in [7, 11) is 2.06. The number of nitrogens with zero attached hydrogens (tertiary/aromatic N) is 3. The summed E-state index contributed by atoms with van der Waals surface area (Å²) in [6.07, 6.45) is 7.43. The first-order valence-electron chi connectivity index (χ1n) is 5.91. The van der Waals surface area contributed by atoms with Crippen molar-refractivity contribution in [2.24, 2.45) is 12.8 Å². The Morgan fingerprint density at radius 2 is 2.00 bits per heavy atom. The SMILES string of the molecule is Cn1c(CCN)nnc1C1CCCCC1. The van der Waals surface area contributed by atoms with Gasteiger partial charge in [-0.05, 0) is 19.4 Å². The summed E-state index contributed by atoms with van der Waals surface area (Å²) >= 11 is 0. The average molecular weight is 208 g/mol. The second-order valence-corrected chi connectivity index (χ2v) is 4.41. The Hall–Kier alpha value is -0.900. The van der Waals surface area contributed by atoms with Gasteiger partial charge in [0.1, 0.15) is 11.6 Å². The smallest absolute Gasteiger partial charge is 0.135 e. The third kappa shape index (κ3) is 2.20. The van der Waals surface area contributed by atoms with Gasteiger partial charge in [-0.2, -0.15) is 0 Å². The van der Waals surface area contributed by atoms with Crippen LogP contribution in [0.4, 0.5) is 0 Å². The van der Waals surface area contributed by atoms with Crippen LogP contribution in [0.3, 0.4) is 0 Å². The van der Waals surface area contributed by atoms with Crippen molar-refractivity contribution in [3.05, 3.63) is 11.6 Å². The van der Waals surface area contributed by atoms with Gasteiger partial charge in [0.2, 0.25) is 0 Å². The van der Waals surface area contributed by atoms with Crippen LogP contribution in [0.15, 0.2) is 0 Å². The van der Waals surface area contributed by atoms with E-state index in [1.807, 2.05) is 0 Å². The number of aromatic nitrogens is 3. The molecule has 2 N–H and O–H groups in total. The normalized spacial score (nSPS) is 18.3. The highest BCUT2D eigenvalue weighted by molar-refractivity contribution is 5.02. The van der Waals surface area contributed by atoms with E-state index in [2.05, 4.69) is 21.8 Å². The van der Waals surface area contributed by atoms with Crippen molar-refractivity contribution < 1.29 is 0 Å². The molecule has 1 aromatic rings. The summed E-state index contributed by atoms with van der Waals surface area (Å²) in [4.78, 5) is 0. The van der Waals surface area contributed by atoms with Gasteiger partial charge in [0.25, 0.3) is 0 Å². The summed E-state index contributed by atoms with van der Waals surface area (Å²) in [5.74, 6) is 2.82. The van der Waals surface area contributed by atoms with Crippen molar-refractivity contribution in [1.29, 1.82) is 0 Å². The molecule has 0 unspecified atom stereocenters. The lowest BCUT2D eigenvalue weighted by molar-refractivity contribution is 0.419. The van der Waals surface area contributed by atoms with E-state index < -0.39 is 0 Å². The van der Waals surface area contributed by atoms with E-state index in [-0.39, 0.29) is 0 Å². The van der Waals surface area contributed by atoms with Gasteiger partial charge in [-0.15, -0.1) is 10.2 Å². The zero-order valence-corrected chi connectivity index (χ0v) is 9.45. The van der Waals surface area contributed by atoms with Crippen LogP contribution in [-0.2, 0) is 13.5 Å². The summed E-state index contributed by atoms with van der Waals surface area (Å²) in [5, 5.41) is 8.53. The summed E-state index contributed by atoms with van der Waals surface area (Å²) in [5.41, 5.74) is 5.54. The third-order valence-corrected chi connectivity index (χ3v) is 3.34. The fraction of sp³-hybridized carbons (Fsp3) is 0.818. The summed E-state index contributed by atoms with van der Waals surface area (Å²) in [6.45, 7) is 0.649. The molecule has 0 aromatic carbocycles. The van der Waals surface area contributed by atoms with Crippen LogP contribution < -0.4 is 5.73 Å². The minimum Gasteiger partial charge on any atom is -0.330 e. The van der Waals surface area contributed by atoms with Crippen molar-refractivity contribution in [2.75, 3.05) is 6.54 Å². The van der Waals surface area contributed by atoms with E-state index in [1.165, 1.54) is 32.1 Å². The molecule has 4 heteroatoms. The van der Waals surface area contributed by atoms with Crippen LogP contribution >= 0.6 is 0 Å². The van der Waals surface area contributed by atoms with Crippen molar-refractivity contribution >= 4 is 0 Å². The van der Waals surface area contributed by atoms with E-state index in [4.69, 9.17) is 5.73 Å². The molecule has 84 valence electrons. The maximum absolute atomic E-state index is 5.54. The predicted molar refractivity (Wildman–Crippen MR) is 59.6 cm³/mol. The first-order chi connectivity index (χ1) is 7.33. The number of nitrogens with two attached hydrogens (primary N) is 1. The van der Waals surface area contributed by atoms with E-state index in [9.17, 15) is 0 Å². The Bertz CT molecular complexity index is 312. The molecule has 0 atom stereocenters. The molecular formula is C11H20N4. The maximum Gasteiger partial charge on any atom is 0.135 e. The molecule has 2 rings (SSSR count). The highest BCUT2D eigenvalue weighted by atomic mass is 15.3. The molecule has 1 fully saturated rings. The molecular weight excluding hydrogens is 188 g/mol. The van der Waals surface area contributed by atoms with Crippen molar-refractivity contribution in [1.82, 2.24) is 14.8 Å². The van der Waals surface area contributed by atoms with Crippen LogP contribution in [-0.4, -0.2) is 21.3 Å². The van der Waals surface area contributed by atoms with E-state index in [0.717, 1.165) is 18.1 Å². The minimum atomic E-state index is 0.628. The highest BCUT2D eigenvalue weighted by Gasteiger charge is 2.21. The monoisotopic (exact) mass is 208 g/mol. The van der Waals surface area contributed by atoms with Gasteiger partial charge in [-0.1, -0.05) is 19.3 Å². The Balaban J connectivity index is 2.13. The average Bonchev–Trinajstić information content (AvgIpc) is 2.63. The first kappa shape index (κ1) is 10.6. The zero-order chi connectivity index (χ0) is 10.7. The fourth-order valence-electron chi connectivity index (χ4n) is 2.44. The molecule has 1 aliphatic rings. The van der Waals surface area contributed by atoms with Crippen molar-refractivity contribution in [3.63, 3.8) is 0 Å². The molecule has 0 spiro atoms. The van der Waals surface area contributed by atoms with E-state index >= 15 is 0 Å². The number of hydrogen-bond donors (Lipinski definition) is 1. The minimum absolute atomic E-state index is 0.628. The molecule has 0 saturated heterocycles. The van der Waals surface area contributed by atoms with Crippen LogP contribution in [0.25, 0.3) is 0 Å². The summed E-state index contributed by atoms with van der Waals surface area (Å²) in [6, 6.07) is 0.